The van der Waals surface area contributed by atoms with E-state index in [1.54, 1.807) is 0 Å². The lowest BCUT2D eigenvalue weighted by molar-refractivity contribution is 0.0427. The molecule has 0 atom stereocenters. The van der Waals surface area contributed by atoms with Gasteiger partial charge in [-0.25, -0.2) is 4.79 Å². The summed E-state index contributed by atoms with van der Waals surface area (Å²) in [5.74, 6) is 0.882. The second-order valence-electron chi connectivity index (χ2n) is 5.93. The fourth-order valence-electron chi connectivity index (χ4n) is 2.63. The topological polar surface area (TPSA) is 74.9 Å². The number of piperazine rings is 1. The van der Waals surface area contributed by atoms with E-state index >= 15 is 0 Å². The summed E-state index contributed by atoms with van der Waals surface area (Å²) in [4.78, 5) is 18.2. The van der Waals surface area contributed by atoms with Crippen LogP contribution in [0.25, 0.3) is 0 Å². The van der Waals surface area contributed by atoms with Crippen LogP contribution in [0.3, 0.4) is 0 Å². The minimum Gasteiger partial charge on any atom is -0.408 e. The number of ether oxygens (including phenoxy) is 1. The predicted molar refractivity (Wildman–Crippen MR) is 80.0 cm³/mol. The molecule has 0 unspecified atom stereocenters. The van der Waals surface area contributed by atoms with Crippen molar-refractivity contribution in [2.75, 3.05) is 57.4 Å². The van der Waals surface area contributed by atoms with Crippen LogP contribution in [0.2, 0.25) is 0 Å². The Hall–Kier alpha value is -1.83. The van der Waals surface area contributed by atoms with Gasteiger partial charge < -0.3 is 23.9 Å². The van der Waals surface area contributed by atoms with Crippen LogP contribution >= 0.6 is 0 Å². The zero-order valence-corrected chi connectivity index (χ0v) is 13.2. The van der Waals surface area contributed by atoms with Gasteiger partial charge in [0.1, 0.15) is 0 Å². The highest BCUT2D eigenvalue weighted by molar-refractivity contribution is 5.74. The molecule has 8 nitrogen and oxygen atoms in total. The molecule has 0 bridgehead atoms. The molecular formula is C14H23N5O3. The fraction of sp³-hybridized carbons (Fsp3) is 0.786. The smallest absolute Gasteiger partial charge is 0.320 e. The molecule has 0 aliphatic carbocycles. The number of urea groups is 1. The Balaban J connectivity index is 1.54. The van der Waals surface area contributed by atoms with Crippen LogP contribution in [0.15, 0.2) is 4.42 Å². The lowest BCUT2D eigenvalue weighted by Crippen LogP contribution is -2.54. The van der Waals surface area contributed by atoms with E-state index in [1.807, 2.05) is 28.5 Å². The van der Waals surface area contributed by atoms with E-state index < -0.39 is 0 Å². The molecule has 2 fully saturated rings. The van der Waals surface area contributed by atoms with Gasteiger partial charge in [0.15, 0.2) is 0 Å². The quantitative estimate of drug-likeness (QED) is 0.803. The third-order valence-electron chi connectivity index (χ3n) is 4.03. The Bertz CT molecular complexity index is 504. The molecular weight excluding hydrogens is 286 g/mol. The van der Waals surface area contributed by atoms with Crippen molar-refractivity contribution in [1.29, 1.82) is 0 Å². The Kier molecular flexibility index (Phi) is 4.47. The van der Waals surface area contributed by atoms with E-state index in [4.69, 9.17) is 9.15 Å². The summed E-state index contributed by atoms with van der Waals surface area (Å²) >= 11 is 0. The number of aromatic nitrogens is 2. The average molecular weight is 309 g/mol. The van der Waals surface area contributed by atoms with Gasteiger partial charge in [-0.2, -0.15) is 0 Å². The first-order valence-corrected chi connectivity index (χ1v) is 7.85. The average Bonchev–Trinajstić information content (AvgIpc) is 3.05. The highest BCUT2D eigenvalue weighted by Crippen LogP contribution is 2.19. The van der Waals surface area contributed by atoms with Crippen LogP contribution in [0, 0.1) is 0 Å². The van der Waals surface area contributed by atoms with E-state index in [-0.39, 0.29) is 11.9 Å². The van der Waals surface area contributed by atoms with E-state index in [1.165, 1.54) is 0 Å². The van der Waals surface area contributed by atoms with Gasteiger partial charge in [0.25, 0.3) is 0 Å². The molecule has 0 aromatic carbocycles. The Labute approximate surface area is 130 Å². The molecule has 1 aromatic rings. The maximum absolute atomic E-state index is 12.4. The summed E-state index contributed by atoms with van der Waals surface area (Å²) in [5, 5.41) is 8.16. The first-order valence-electron chi connectivity index (χ1n) is 7.85. The summed E-state index contributed by atoms with van der Waals surface area (Å²) in [6.45, 7) is 9.46. The summed E-state index contributed by atoms with van der Waals surface area (Å²) in [7, 11) is 0. The molecule has 1 aromatic heterocycles. The van der Waals surface area contributed by atoms with Crippen LogP contribution in [0.1, 0.15) is 25.7 Å². The summed E-state index contributed by atoms with van der Waals surface area (Å²) in [6, 6.07) is 0.665. The van der Waals surface area contributed by atoms with Gasteiger partial charge in [-0.15, -0.1) is 5.10 Å². The molecule has 0 N–H and O–H groups in total. The molecule has 2 saturated heterocycles. The molecule has 8 heteroatoms. The number of nitrogens with zero attached hydrogens (tertiary/aromatic N) is 5. The SMILES string of the molecule is CC(C)c1nnc(N2CCN(C(=O)N3CCOCC3)CC2)o1. The molecule has 2 aliphatic rings. The van der Waals surface area contributed by atoms with Crippen LogP contribution in [-0.2, 0) is 4.74 Å². The first kappa shape index (κ1) is 15.1. The van der Waals surface area contributed by atoms with Crippen molar-refractivity contribution < 1.29 is 13.9 Å². The molecule has 0 radical (unpaired) electrons. The van der Waals surface area contributed by atoms with Crippen molar-refractivity contribution in [2.45, 2.75) is 19.8 Å². The van der Waals surface area contributed by atoms with Crippen LogP contribution in [-0.4, -0.2) is 78.5 Å². The summed E-state index contributed by atoms with van der Waals surface area (Å²) in [5.41, 5.74) is 0. The van der Waals surface area contributed by atoms with Crippen molar-refractivity contribution in [3.8, 4) is 0 Å². The van der Waals surface area contributed by atoms with Crippen molar-refractivity contribution >= 4 is 12.0 Å². The normalized spacial score (nSPS) is 19.9. The van der Waals surface area contributed by atoms with Gasteiger partial charge in [0.2, 0.25) is 5.89 Å². The Morgan fingerprint density at radius 3 is 2.23 bits per heavy atom. The zero-order valence-electron chi connectivity index (χ0n) is 13.2. The number of amides is 2. The number of hydrogen-bond acceptors (Lipinski definition) is 6. The van der Waals surface area contributed by atoms with Crippen molar-refractivity contribution in [3.05, 3.63) is 5.89 Å². The zero-order chi connectivity index (χ0) is 15.5. The number of carbonyl (C=O) groups excluding carboxylic acids is 1. The fourth-order valence-corrected chi connectivity index (χ4v) is 2.63. The van der Waals surface area contributed by atoms with Gasteiger partial charge in [-0.3, -0.25) is 0 Å². The van der Waals surface area contributed by atoms with E-state index in [0.29, 0.717) is 51.3 Å². The van der Waals surface area contributed by atoms with Gasteiger partial charge in [0, 0.05) is 45.2 Å². The predicted octanol–water partition coefficient (Wildman–Crippen LogP) is 0.767. The molecule has 2 amide bonds. The maximum Gasteiger partial charge on any atom is 0.320 e. The van der Waals surface area contributed by atoms with Crippen molar-refractivity contribution in [1.82, 2.24) is 20.0 Å². The number of hydrogen-bond donors (Lipinski definition) is 0. The number of anilines is 1. The molecule has 2 aliphatic heterocycles. The molecule has 0 spiro atoms. The molecule has 3 rings (SSSR count). The summed E-state index contributed by atoms with van der Waals surface area (Å²) in [6.07, 6.45) is 0. The number of rotatable bonds is 2. The van der Waals surface area contributed by atoms with Crippen molar-refractivity contribution in [2.24, 2.45) is 0 Å². The van der Waals surface area contributed by atoms with Crippen LogP contribution in [0.4, 0.5) is 10.8 Å². The second kappa shape index (κ2) is 6.51. The lowest BCUT2D eigenvalue weighted by Gasteiger charge is -2.37. The molecule has 0 saturated carbocycles. The minimum absolute atomic E-state index is 0.108. The van der Waals surface area contributed by atoms with Gasteiger partial charge in [-0.1, -0.05) is 18.9 Å². The monoisotopic (exact) mass is 309 g/mol. The largest absolute Gasteiger partial charge is 0.408 e. The Morgan fingerprint density at radius 1 is 1.00 bits per heavy atom. The van der Waals surface area contributed by atoms with Gasteiger partial charge >= 0.3 is 12.0 Å². The minimum atomic E-state index is 0.108. The maximum atomic E-state index is 12.4. The third kappa shape index (κ3) is 3.16. The Morgan fingerprint density at radius 2 is 1.64 bits per heavy atom. The lowest BCUT2D eigenvalue weighted by atomic mass is 10.2. The third-order valence-corrected chi connectivity index (χ3v) is 4.03. The molecule has 22 heavy (non-hydrogen) atoms. The molecule has 122 valence electrons. The highest BCUT2D eigenvalue weighted by atomic mass is 16.5. The van der Waals surface area contributed by atoms with Crippen LogP contribution < -0.4 is 4.90 Å². The van der Waals surface area contributed by atoms with Crippen molar-refractivity contribution in [3.63, 3.8) is 0 Å². The standard InChI is InChI=1S/C14H23N5O3/c1-11(2)12-15-16-13(22-12)17-3-5-18(6-4-17)14(20)19-7-9-21-10-8-19/h11H,3-10H2,1-2H3. The van der Waals surface area contributed by atoms with Gasteiger partial charge in [0.05, 0.1) is 13.2 Å². The molecule has 3 heterocycles. The summed E-state index contributed by atoms with van der Waals surface area (Å²) < 4.78 is 11.0. The number of morpholine rings is 1. The number of carbonyl (C=O) groups is 1. The second-order valence-corrected chi connectivity index (χ2v) is 5.93. The van der Waals surface area contributed by atoms with Gasteiger partial charge in [-0.05, 0) is 0 Å². The first-order chi connectivity index (χ1) is 10.6. The van der Waals surface area contributed by atoms with E-state index in [9.17, 15) is 4.79 Å². The highest BCUT2D eigenvalue weighted by Gasteiger charge is 2.28. The van der Waals surface area contributed by atoms with E-state index in [0.717, 1.165) is 13.1 Å². The van der Waals surface area contributed by atoms with Crippen LogP contribution in [0.5, 0.6) is 0 Å². The van der Waals surface area contributed by atoms with E-state index in [2.05, 4.69) is 10.2 Å².